The summed E-state index contributed by atoms with van der Waals surface area (Å²) in [6, 6.07) is 8.72. The first-order chi connectivity index (χ1) is 11.0. The number of hydrogen-bond donors (Lipinski definition) is 1. The zero-order chi connectivity index (χ0) is 16.6. The quantitative estimate of drug-likeness (QED) is 0.907. The fourth-order valence-corrected chi connectivity index (χ4v) is 4.60. The highest BCUT2D eigenvalue weighted by Crippen LogP contribution is 2.46. The molecular formula is C19H28N2O2. The van der Waals surface area contributed by atoms with Gasteiger partial charge in [0.1, 0.15) is 0 Å². The Morgan fingerprint density at radius 2 is 1.61 bits per heavy atom. The standard InChI is InChI=1S/C19H28N2O2/c1-20(2)16-8-14-10-17(11-15(14)9-16)21(3)12-13-6-4-5-7-18(13)19(22)23/h4-7,14-17H,8-12H2,1-3H3,(H,22,23)/t14-,15+,16?,17?. The van der Waals surface area contributed by atoms with Crippen molar-refractivity contribution in [2.45, 2.75) is 44.3 Å². The van der Waals surface area contributed by atoms with Crippen LogP contribution < -0.4 is 0 Å². The monoisotopic (exact) mass is 316 g/mol. The highest BCUT2D eigenvalue weighted by Gasteiger charge is 2.43. The second-order valence-corrected chi connectivity index (χ2v) is 7.61. The summed E-state index contributed by atoms with van der Waals surface area (Å²) in [5, 5.41) is 9.33. The smallest absolute Gasteiger partial charge is 0.336 e. The van der Waals surface area contributed by atoms with E-state index < -0.39 is 5.97 Å². The Bertz CT molecular complexity index is 558. The predicted octanol–water partition coefficient (Wildman–Crippen LogP) is 2.94. The number of aromatic carboxylic acids is 1. The van der Waals surface area contributed by atoms with Crippen LogP contribution in [0.3, 0.4) is 0 Å². The van der Waals surface area contributed by atoms with Crippen LogP contribution in [-0.4, -0.2) is 54.1 Å². The Morgan fingerprint density at radius 3 is 2.17 bits per heavy atom. The van der Waals surface area contributed by atoms with Crippen molar-refractivity contribution in [2.24, 2.45) is 11.8 Å². The number of carbonyl (C=O) groups is 1. The minimum absolute atomic E-state index is 0.435. The average Bonchev–Trinajstić information content (AvgIpc) is 3.06. The van der Waals surface area contributed by atoms with Crippen molar-refractivity contribution in [1.29, 1.82) is 0 Å². The minimum atomic E-state index is -0.828. The predicted molar refractivity (Wildman–Crippen MR) is 91.6 cm³/mol. The van der Waals surface area contributed by atoms with E-state index in [4.69, 9.17) is 0 Å². The van der Waals surface area contributed by atoms with Gasteiger partial charge in [0.2, 0.25) is 0 Å². The van der Waals surface area contributed by atoms with E-state index >= 15 is 0 Å². The molecule has 0 aliphatic heterocycles. The molecule has 1 aromatic carbocycles. The number of fused-ring (bicyclic) bond motifs is 1. The molecular weight excluding hydrogens is 288 g/mol. The van der Waals surface area contributed by atoms with Crippen LogP contribution in [0.15, 0.2) is 24.3 Å². The van der Waals surface area contributed by atoms with Gasteiger partial charge in [0.15, 0.2) is 0 Å². The van der Waals surface area contributed by atoms with Gasteiger partial charge < -0.3 is 10.0 Å². The summed E-state index contributed by atoms with van der Waals surface area (Å²) in [4.78, 5) is 16.1. The van der Waals surface area contributed by atoms with Crippen LogP contribution in [0, 0.1) is 11.8 Å². The molecule has 0 radical (unpaired) electrons. The maximum absolute atomic E-state index is 11.4. The third kappa shape index (κ3) is 3.43. The molecule has 23 heavy (non-hydrogen) atoms. The maximum atomic E-state index is 11.4. The van der Waals surface area contributed by atoms with E-state index in [0.29, 0.717) is 11.6 Å². The molecule has 4 atom stereocenters. The summed E-state index contributed by atoms with van der Waals surface area (Å²) in [5.74, 6) is 0.875. The highest BCUT2D eigenvalue weighted by atomic mass is 16.4. The third-order valence-corrected chi connectivity index (χ3v) is 5.99. The lowest BCUT2D eigenvalue weighted by Gasteiger charge is -2.27. The molecule has 3 rings (SSSR count). The molecule has 0 saturated heterocycles. The molecule has 0 heterocycles. The van der Waals surface area contributed by atoms with E-state index in [1.54, 1.807) is 12.1 Å². The van der Waals surface area contributed by atoms with Gasteiger partial charge in [-0.3, -0.25) is 4.90 Å². The zero-order valence-corrected chi connectivity index (χ0v) is 14.4. The van der Waals surface area contributed by atoms with E-state index in [1.165, 1.54) is 25.7 Å². The molecule has 2 unspecified atom stereocenters. The number of hydrogen-bond acceptors (Lipinski definition) is 3. The van der Waals surface area contributed by atoms with Crippen molar-refractivity contribution in [1.82, 2.24) is 9.80 Å². The van der Waals surface area contributed by atoms with E-state index in [-0.39, 0.29) is 0 Å². The van der Waals surface area contributed by atoms with Gasteiger partial charge in [0, 0.05) is 18.6 Å². The van der Waals surface area contributed by atoms with Crippen molar-refractivity contribution in [3.63, 3.8) is 0 Å². The minimum Gasteiger partial charge on any atom is -0.478 e. The molecule has 4 nitrogen and oxygen atoms in total. The molecule has 1 N–H and O–H groups in total. The summed E-state index contributed by atoms with van der Waals surface area (Å²) < 4.78 is 0. The summed E-state index contributed by atoms with van der Waals surface area (Å²) in [5.41, 5.74) is 1.36. The molecule has 2 fully saturated rings. The Balaban J connectivity index is 1.61. The molecule has 1 aromatic rings. The van der Waals surface area contributed by atoms with Gasteiger partial charge in [0.25, 0.3) is 0 Å². The van der Waals surface area contributed by atoms with E-state index in [2.05, 4.69) is 30.9 Å². The van der Waals surface area contributed by atoms with Crippen molar-refractivity contribution >= 4 is 5.97 Å². The molecule has 0 aromatic heterocycles. The molecule has 2 saturated carbocycles. The molecule has 0 bridgehead atoms. The largest absolute Gasteiger partial charge is 0.478 e. The van der Waals surface area contributed by atoms with Gasteiger partial charge in [-0.1, -0.05) is 18.2 Å². The zero-order valence-electron chi connectivity index (χ0n) is 14.4. The Hall–Kier alpha value is -1.39. The topological polar surface area (TPSA) is 43.8 Å². The van der Waals surface area contributed by atoms with Crippen LogP contribution in [0.2, 0.25) is 0 Å². The SMILES string of the molecule is CN(C)C1C[C@@H]2CC(N(C)Cc3ccccc3C(=O)O)C[C@@H]2C1. The van der Waals surface area contributed by atoms with Crippen LogP contribution >= 0.6 is 0 Å². The lowest BCUT2D eigenvalue weighted by Crippen LogP contribution is -2.32. The number of benzene rings is 1. The molecule has 4 heteroatoms. The molecule has 0 spiro atoms. The third-order valence-electron chi connectivity index (χ3n) is 5.99. The molecule has 2 aliphatic rings. The average molecular weight is 316 g/mol. The van der Waals surface area contributed by atoms with Crippen molar-refractivity contribution in [2.75, 3.05) is 21.1 Å². The van der Waals surface area contributed by atoms with Crippen molar-refractivity contribution < 1.29 is 9.90 Å². The molecule has 126 valence electrons. The summed E-state index contributed by atoms with van der Waals surface area (Å²) in [6.07, 6.45) is 5.18. The first-order valence-electron chi connectivity index (χ1n) is 8.63. The van der Waals surface area contributed by atoms with Gasteiger partial charge in [-0.2, -0.15) is 0 Å². The fourth-order valence-electron chi connectivity index (χ4n) is 4.60. The fraction of sp³-hybridized carbons (Fsp3) is 0.632. The second-order valence-electron chi connectivity index (χ2n) is 7.61. The summed E-state index contributed by atoms with van der Waals surface area (Å²) in [7, 11) is 6.53. The van der Waals surface area contributed by atoms with Gasteiger partial charge in [-0.15, -0.1) is 0 Å². The van der Waals surface area contributed by atoms with Gasteiger partial charge in [-0.25, -0.2) is 4.79 Å². The Morgan fingerprint density at radius 1 is 1.04 bits per heavy atom. The summed E-state index contributed by atoms with van der Waals surface area (Å²) >= 11 is 0. The van der Waals surface area contributed by atoms with Crippen molar-refractivity contribution in [3.05, 3.63) is 35.4 Å². The van der Waals surface area contributed by atoms with E-state index in [9.17, 15) is 9.90 Å². The second kappa shape index (κ2) is 6.62. The van der Waals surface area contributed by atoms with Crippen LogP contribution in [0.25, 0.3) is 0 Å². The summed E-state index contributed by atoms with van der Waals surface area (Å²) in [6.45, 7) is 0.726. The number of carboxylic acid groups (broad SMARTS) is 1. The Labute approximate surface area is 139 Å². The highest BCUT2D eigenvalue weighted by molar-refractivity contribution is 5.89. The number of rotatable bonds is 5. The van der Waals surface area contributed by atoms with Crippen LogP contribution in [0.4, 0.5) is 0 Å². The molecule has 0 amide bonds. The number of carboxylic acids is 1. The normalized spacial score (nSPS) is 30.1. The first kappa shape index (κ1) is 16.5. The Kier molecular flexibility index (Phi) is 4.74. The number of nitrogens with zero attached hydrogens (tertiary/aromatic N) is 2. The maximum Gasteiger partial charge on any atom is 0.336 e. The van der Waals surface area contributed by atoms with Crippen LogP contribution in [0.5, 0.6) is 0 Å². The van der Waals surface area contributed by atoms with Crippen molar-refractivity contribution in [3.8, 4) is 0 Å². The van der Waals surface area contributed by atoms with E-state index in [0.717, 1.165) is 30.0 Å². The van der Waals surface area contributed by atoms with Crippen LogP contribution in [0.1, 0.15) is 41.6 Å². The van der Waals surface area contributed by atoms with E-state index in [1.807, 2.05) is 12.1 Å². The lowest BCUT2D eigenvalue weighted by molar-refractivity contribution is 0.0694. The molecule has 2 aliphatic carbocycles. The van der Waals surface area contributed by atoms with Gasteiger partial charge in [-0.05, 0) is 70.3 Å². The van der Waals surface area contributed by atoms with Gasteiger partial charge >= 0.3 is 5.97 Å². The van der Waals surface area contributed by atoms with Crippen LogP contribution in [-0.2, 0) is 6.54 Å². The van der Waals surface area contributed by atoms with Gasteiger partial charge in [0.05, 0.1) is 5.56 Å². The lowest BCUT2D eigenvalue weighted by atomic mass is 10.0. The first-order valence-corrected chi connectivity index (χ1v) is 8.63.